The minimum Gasteiger partial charge on any atom is -0.378 e. The third-order valence-electron chi connectivity index (χ3n) is 3.81. The Kier molecular flexibility index (Phi) is 5.60. The van der Waals surface area contributed by atoms with Gasteiger partial charge in [-0.15, -0.1) is 11.3 Å². The van der Waals surface area contributed by atoms with Crippen molar-refractivity contribution in [3.63, 3.8) is 0 Å². The maximum absolute atomic E-state index is 5.25. The van der Waals surface area contributed by atoms with E-state index in [2.05, 4.69) is 17.3 Å². The number of nitrogens with one attached hydrogen (secondary N) is 1. The van der Waals surface area contributed by atoms with E-state index in [1.165, 1.54) is 37.0 Å². The first-order valence-electron chi connectivity index (χ1n) is 7.11. The summed E-state index contributed by atoms with van der Waals surface area (Å²) < 4.78 is 5.25. The van der Waals surface area contributed by atoms with E-state index in [0.717, 1.165) is 17.4 Å². The average molecular weight is 283 g/mol. The topological polar surface area (TPSA) is 37.4 Å². The Labute approximate surface area is 120 Å². The van der Waals surface area contributed by atoms with E-state index < -0.39 is 0 Å². The summed E-state index contributed by atoms with van der Waals surface area (Å²) in [5.74, 6) is 0. The SMILES string of the molecule is CNCc1sc(N(C)C2CCCCC2)nc1COC. The van der Waals surface area contributed by atoms with Crippen molar-refractivity contribution >= 4 is 16.5 Å². The first-order chi connectivity index (χ1) is 9.26. The summed E-state index contributed by atoms with van der Waals surface area (Å²) in [4.78, 5) is 8.44. The van der Waals surface area contributed by atoms with Crippen molar-refractivity contribution in [2.45, 2.75) is 51.3 Å². The molecule has 1 fully saturated rings. The van der Waals surface area contributed by atoms with Crippen LogP contribution in [0.5, 0.6) is 0 Å². The van der Waals surface area contributed by atoms with Crippen molar-refractivity contribution in [1.29, 1.82) is 0 Å². The van der Waals surface area contributed by atoms with Crippen LogP contribution in [0.1, 0.15) is 42.7 Å². The highest BCUT2D eigenvalue weighted by molar-refractivity contribution is 7.15. The molecule has 1 aromatic rings. The number of methoxy groups -OCH3 is 1. The zero-order chi connectivity index (χ0) is 13.7. The summed E-state index contributed by atoms with van der Waals surface area (Å²) in [6.45, 7) is 1.47. The van der Waals surface area contributed by atoms with Crippen LogP contribution in [0.4, 0.5) is 5.13 Å². The van der Waals surface area contributed by atoms with Gasteiger partial charge in [0.05, 0.1) is 12.3 Å². The van der Waals surface area contributed by atoms with Gasteiger partial charge in [0.1, 0.15) is 0 Å². The number of hydrogen-bond donors (Lipinski definition) is 1. The van der Waals surface area contributed by atoms with Crippen molar-refractivity contribution in [2.75, 3.05) is 26.1 Å². The van der Waals surface area contributed by atoms with E-state index >= 15 is 0 Å². The van der Waals surface area contributed by atoms with Gasteiger partial charge in [-0.3, -0.25) is 0 Å². The smallest absolute Gasteiger partial charge is 0.185 e. The molecule has 0 amide bonds. The van der Waals surface area contributed by atoms with E-state index in [4.69, 9.17) is 9.72 Å². The number of ether oxygens (including phenoxy) is 1. The minimum absolute atomic E-state index is 0.603. The third kappa shape index (κ3) is 3.68. The Hall–Kier alpha value is -0.650. The van der Waals surface area contributed by atoms with E-state index in [1.54, 1.807) is 18.4 Å². The summed E-state index contributed by atoms with van der Waals surface area (Å²) in [7, 11) is 5.89. The molecule has 0 spiro atoms. The normalized spacial score (nSPS) is 16.8. The molecular formula is C14H25N3OS. The highest BCUT2D eigenvalue weighted by atomic mass is 32.1. The molecule has 2 rings (SSSR count). The van der Waals surface area contributed by atoms with Gasteiger partial charge in [-0.25, -0.2) is 4.98 Å². The second kappa shape index (κ2) is 7.22. The molecular weight excluding hydrogens is 258 g/mol. The summed E-state index contributed by atoms with van der Waals surface area (Å²) >= 11 is 1.80. The molecule has 108 valence electrons. The van der Waals surface area contributed by atoms with Gasteiger partial charge in [0, 0.05) is 31.6 Å². The molecule has 0 aliphatic heterocycles. The highest BCUT2D eigenvalue weighted by Gasteiger charge is 2.22. The molecule has 1 aliphatic carbocycles. The summed E-state index contributed by atoms with van der Waals surface area (Å²) in [6.07, 6.45) is 6.71. The maximum atomic E-state index is 5.25. The summed E-state index contributed by atoms with van der Waals surface area (Å²) in [6, 6.07) is 0.665. The molecule has 0 radical (unpaired) electrons. The first-order valence-corrected chi connectivity index (χ1v) is 7.93. The number of nitrogens with zero attached hydrogens (tertiary/aromatic N) is 2. The lowest BCUT2D eigenvalue weighted by molar-refractivity contribution is 0.181. The second-order valence-electron chi connectivity index (χ2n) is 5.23. The predicted octanol–water partition coefficient (Wildman–Crippen LogP) is 2.78. The van der Waals surface area contributed by atoms with Gasteiger partial charge in [-0.2, -0.15) is 0 Å². The summed E-state index contributed by atoms with van der Waals surface area (Å²) in [5, 5.41) is 4.35. The fourth-order valence-electron chi connectivity index (χ4n) is 2.69. The molecule has 19 heavy (non-hydrogen) atoms. The Morgan fingerprint density at radius 3 is 2.74 bits per heavy atom. The lowest BCUT2D eigenvalue weighted by Crippen LogP contribution is -2.33. The summed E-state index contributed by atoms with van der Waals surface area (Å²) in [5.41, 5.74) is 1.08. The van der Waals surface area contributed by atoms with Crippen LogP contribution in [-0.4, -0.2) is 32.2 Å². The number of thiazole rings is 1. The van der Waals surface area contributed by atoms with Crippen molar-refractivity contribution in [2.24, 2.45) is 0 Å². The van der Waals surface area contributed by atoms with Gasteiger partial charge in [0.15, 0.2) is 5.13 Å². The van der Waals surface area contributed by atoms with Crippen LogP contribution in [0.15, 0.2) is 0 Å². The van der Waals surface area contributed by atoms with Crippen LogP contribution < -0.4 is 10.2 Å². The Morgan fingerprint density at radius 1 is 1.37 bits per heavy atom. The predicted molar refractivity (Wildman–Crippen MR) is 80.9 cm³/mol. The number of aromatic nitrogens is 1. The van der Waals surface area contributed by atoms with Crippen LogP contribution >= 0.6 is 11.3 Å². The van der Waals surface area contributed by atoms with Crippen molar-refractivity contribution < 1.29 is 4.74 Å². The van der Waals surface area contributed by atoms with Crippen LogP contribution in [0.3, 0.4) is 0 Å². The van der Waals surface area contributed by atoms with Gasteiger partial charge >= 0.3 is 0 Å². The maximum Gasteiger partial charge on any atom is 0.185 e. The van der Waals surface area contributed by atoms with Gasteiger partial charge in [-0.1, -0.05) is 19.3 Å². The van der Waals surface area contributed by atoms with Crippen LogP contribution in [0, 0.1) is 0 Å². The molecule has 0 bridgehead atoms. The molecule has 5 heteroatoms. The van der Waals surface area contributed by atoms with E-state index in [9.17, 15) is 0 Å². The Morgan fingerprint density at radius 2 is 2.11 bits per heavy atom. The molecule has 4 nitrogen and oxygen atoms in total. The fraction of sp³-hybridized carbons (Fsp3) is 0.786. The standard InChI is InChI=1S/C14H25N3OS/c1-15-9-13-12(10-18-3)16-14(19-13)17(2)11-7-5-4-6-8-11/h11,15H,4-10H2,1-3H3. The Balaban J connectivity index is 2.11. The Bertz CT molecular complexity index is 365. The molecule has 1 heterocycles. The van der Waals surface area contributed by atoms with Gasteiger partial charge in [-0.05, 0) is 19.9 Å². The highest BCUT2D eigenvalue weighted by Crippen LogP contribution is 2.31. The molecule has 0 atom stereocenters. The molecule has 0 unspecified atom stereocenters. The van der Waals surface area contributed by atoms with Crippen molar-refractivity contribution in [1.82, 2.24) is 10.3 Å². The molecule has 1 aromatic heterocycles. The largest absolute Gasteiger partial charge is 0.378 e. The quantitative estimate of drug-likeness (QED) is 0.871. The van der Waals surface area contributed by atoms with Crippen LogP contribution in [0.25, 0.3) is 0 Å². The van der Waals surface area contributed by atoms with Crippen molar-refractivity contribution in [3.05, 3.63) is 10.6 Å². The lowest BCUT2D eigenvalue weighted by atomic mass is 9.95. The molecule has 1 N–H and O–H groups in total. The third-order valence-corrected chi connectivity index (χ3v) is 5.00. The van der Waals surface area contributed by atoms with E-state index in [0.29, 0.717) is 12.6 Å². The number of hydrogen-bond acceptors (Lipinski definition) is 5. The van der Waals surface area contributed by atoms with Gasteiger partial charge in [0.2, 0.25) is 0 Å². The monoisotopic (exact) mass is 283 g/mol. The van der Waals surface area contributed by atoms with Crippen molar-refractivity contribution in [3.8, 4) is 0 Å². The van der Waals surface area contributed by atoms with Gasteiger partial charge < -0.3 is 15.0 Å². The average Bonchev–Trinajstić information content (AvgIpc) is 2.83. The van der Waals surface area contributed by atoms with Gasteiger partial charge in [0.25, 0.3) is 0 Å². The minimum atomic E-state index is 0.603. The lowest BCUT2D eigenvalue weighted by Gasteiger charge is -2.30. The van der Waals surface area contributed by atoms with E-state index in [-0.39, 0.29) is 0 Å². The zero-order valence-electron chi connectivity index (χ0n) is 12.2. The molecule has 1 saturated carbocycles. The second-order valence-corrected chi connectivity index (χ2v) is 6.29. The molecule has 0 saturated heterocycles. The van der Waals surface area contributed by atoms with E-state index in [1.807, 2.05) is 7.05 Å². The molecule has 0 aromatic carbocycles. The van der Waals surface area contributed by atoms with Crippen LogP contribution in [-0.2, 0) is 17.9 Å². The molecule has 1 aliphatic rings. The number of rotatable bonds is 6. The fourth-order valence-corrected chi connectivity index (χ4v) is 3.80. The van der Waals surface area contributed by atoms with Crippen LogP contribution in [0.2, 0.25) is 0 Å². The number of anilines is 1. The first kappa shape index (κ1) is 14.8. The zero-order valence-corrected chi connectivity index (χ0v) is 13.1.